The quantitative estimate of drug-likeness (QED) is 0.0698. The molecular formula is C26H50O6SSi. The van der Waals surface area contributed by atoms with Crippen LogP contribution in [0.4, 0.5) is 0 Å². The van der Waals surface area contributed by atoms with Crippen LogP contribution in [-0.4, -0.2) is 59.4 Å². The van der Waals surface area contributed by atoms with Crippen LogP contribution in [0.5, 0.6) is 0 Å². The molecule has 0 aromatic heterocycles. The molecule has 0 spiro atoms. The number of unbranched alkanes of at least 4 members (excludes halogenated alkanes) is 6. The zero-order valence-corrected chi connectivity index (χ0v) is 24.4. The Morgan fingerprint density at radius 3 is 2.12 bits per heavy atom. The number of carbonyl (C=O) groups excluding carboxylic acids is 2. The minimum atomic E-state index is -2.01. The lowest BCUT2D eigenvalue weighted by Gasteiger charge is -2.22. The van der Waals surface area contributed by atoms with Crippen LogP contribution in [-0.2, 0) is 27.9 Å². The summed E-state index contributed by atoms with van der Waals surface area (Å²) in [4.78, 5) is 24.3. The van der Waals surface area contributed by atoms with Gasteiger partial charge in [0.2, 0.25) is 0 Å². The maximum Gasteiger partial charge on any atom is 0.334 e. The Labute approximate surface area is 214 Å². The van der Waals surface area contributed by atoms with Gasteiger partial charge in [0.1, 0.15) is 0 Å². The van der Waals surface area contributed by atoms with Gasteiger partial charge < -0.3 is 18.3 Å². The summed E-state index contributed by atoms with van der Waals surface area (Å²) in [6.45, 7) is 12.0. The average molecular weight is 519 g/mol. The third-order valence-corrected chi connectivity index (χ3v) is 10.3. The van der Waals surface area contributed by atoms with Gasteiger partial charge in [-0.1, -0.05) is 65.4 Å². The first kappa shape index (κ1) is 33.2. The molecule has 0 amide bonds. The summed E-state index contributed by atoms with van der Waals surface area (Å²) in [5.74, 6) is 0.969. The number of esters is 2. The van der Waals surface area contributed by atoms with Gasteiger partial charge in [-0.3, -0.25) is 4.79 Å². The lowest BCUT2D eigenvalue weighted by molar-refractivity contribution is -0.150. The van der Waals surface area contributed by atoms with E-state index in [4.69, 9.17) is 18.3 Å². The van der Waals surface area contributed by atoms with Gasteiger partial charge in [0.25, 0.3) is 0 Å². The maximum atomic E-state index is 12.5. The van der Waals surface area contributed by atoms with E-state index in [1.807, 2.05) is 6.92 Å². The predicted octanol–water partition coefficient (Wildman–Crippen LogP) is 6.53. The summed E-state index contributed by atoms with van der Waals surface area (Å²) in [7, 11) is 1.41. The second kappa shape index (κ2) is 20.4. The van der Waals surface area contributed by atoms with E-state index in [-0.39, 0.29) is 30.4 Å². The van der Waals surface area contributed by atoms with Crippen LogP contribution < -0.4 is 0 Å². The van der Waals surface area contributed by atoms with Crippen molar-refractivity contribution < 1.29 is 27.9 Å². The summed E-state index contributed by atoms with van der Waals surface area (Å²) in [5.41, 5.74) is 0.385. The van der Waals surface area contributed by atoms with Crippen LogP contribution in [0.3, 0.4) is 0 Å². The molecule has 2 unspecified atom stereocenters. The molecule has 2 atom stereocenters. The largest absolute Gasteiger partial charge is 0.465 e. The zero-order valence-electron chi connectivity index (χ0n) is 22.6. The first-order chi connectivity index (χ1) is 16.2. The SMILES string of the molecule is C=C(C)C(=O)OCC(CCCCCCCCC)COC(=O)C(C)CSCCC[Si](C)(OC)OC. The highest BCUT2D eigenvalue weighted by Crippen LogP contribution is 2.19. The Hall–Kier alpha value is -0.833. The van der Waals surface area contributed by atoms with E-state index in [0.29, 0.717) is 12.2 Å². The molecule has 0 aliphatic heterocycles. The van der Waals surface area contributed by atoms with Gasteiger partial charge in [-0.25, -0.2) is 4.79 Å². The predicted molar refractivity (Wildman–Crippen MR) is 144 cm³/mol. The standard InChI is InChI=1S/C26H50O6SSi/c1-8-9-10-11-12-13-14-16-24(19-31-25(27)22(2)3)20-32-26(28)23(4)21-33-17-15-18-34(7,29-5)30-6/h23-24H,2,8-21H2,1,3-7H3. The normalized spacial score (nSPS) is 13.4. The molecule has 0 aliphatic rings. The van der Waals surface area contributed by atoms with Crippen molar-refractivity contribution in [3.05, 3.63) is 12.2 Å². The third-order valence-electron chi connectivity index (χ3n) is 6.03. The number of ether oxygens (including phenoxy) is 2. The fourth-order valence-electron chi connectivity index (χ4n) is 3.37. The first-order valence-electron chi connectivity index (χ1n) is 12.9. The summed E-state index contributed by atoms with van der Waals surface area (Å²) in [5, 5.41) is 0. The van der Waals surface area contributed by atoms with Crippen molar-refractivity contribution in [3.63, 3.8) is 0 Å². The lowest BCUT2D eigenvalue weighted by atomic mass is 10.0. The molecule has 0 heterocycles. The van der Waals surface area contributed by atoms with Gasteiger partial charge in [0, 0.05) is 31.5 Å². The van der Waals surface area contributed by atoms with Crippen molar-refractivity contribution in [2.45, 2.75) is 91.1 Å². The highest BCUT2D eigenvalue weighted by atomic mass is 32.2. The molecule has 0 aromatic rings. The fourth-order valence-corrected chi connectivity index (χ4v) is 6.03. The van der Waals surface area contributed by atoms with Crippen molar-refractivity contribution >= 4 is 32.3 Å². The van der Waals surface area contributed by atoms with Crippen molar-refractivity contribution in [2.24, 2.45) is 11.8 Å². The van der Waals surface area contributed by atoms with E-state index in [1.54, 1.807) is 32.9 Å². The van der Waals surface area contributed by atoms with Gasteiger partial charge in [-0.2, -0.15) is 11.8 Å². The molecule has 0 radical (unpaired) electrons. The number of thioether (sulfide) groups is 1. The first-order valence-corrected chi connectivity index (χ1v) is 16.5. The molecule has 8 heteroatoms. The van der Waals surface area contributed by atoms with E-state index in [9.17, 15) is 9.59 Å². The van der Waals surface area contributed by atoms with Gasteiger partial charge in [0.05, 0.1) is 19.1 Å². The van der Waals surface area contributed by atoms with Gasteiger partial charge in [0.15, 0.2) is 0 Å². The second-order valence-electron chi connectivity index (χ2n) is 9.41. The average Bonchev–Trinajstić information content (AvgIpc) is 2.83. The topological polar surface area (TPSA) is 71.1 Å². The molecular weight excluding hydrogens is 468 g/mol. The minimum absolute atomic E-state index is 0.0217. The Morgan fingerprint density at radius 1 is 0.941 bits per heavy atom. The molecule has 0 bridgehead atoms. The van der Waals surface area contributed by atoms with E-state index in [2.05, 4.69) is 20.0 Å². The molecule has 0 N–H and O–H groups in total. The van der Waals surface area contributed by atoms with Crippen molar-refractivity contribution in [1.82, 2.24) is 0 Å². The maximum absolute atomic E-state index is 12.5. The minimum Gasteiger partial charge on any atom is -0.465 e. The smallest absolute Gasteiger partial charge is 0.334 e. The summed E-state index contributed by atoms with van der Waals surface area (Å²) in [6.07, 6.45) is 10.4. The molecule has 0 saturated heterocycles. The van der Waals surface area contributed by atoms with Crippen LogP contribution in [0, 0.1) is 11.8 Å². The zero-order chi connectivity index (χ0) is 25.8. The van der Waals surface area contributed by atoms with E-state index < -0.39 is 8.56 Å². The molecule has 34 heavy (non-hydrogen) atoms. The Morgan fingerprint density at radius 2 is 1.53 bits per heavy atom. The van der Waals surface area contributed by atoms with Crippen molar-refractivity contribution in [2.75, 3.05) is 38.9 Å². The van der Waals surface area contributed by atoms with Gasteiger partial charge in [-0.15, -0.1) is 0 Å². The summed E-state index contributed by atoms with van der Waals surface area (Å²) < 4.78 is 22.0. The summed E-state index contributed by atoms with van der Waals surface area (Å²) in [6, 6.07) is 0.939. The summed E-state index contributed by atoms with van der Waals surface area (Å²) >= 11 is 1.76. The van der Waals surface area contributed by atoms with Crippen LogP contribution in [0.15, 0.2) is 12.2 Å². The van der Waals surface area contributed by atoms with Crippen LogP contribution in [0.1, 0.15) is 78.6 Å². The number of rotatable bonds is 22. The monoisotopic (exact) mass is 518 g/mol. The molecule has 200 valence electrons. The van der Waals surface area contributed by atoms with Crippen LogP contribution in [0.2, 0.25) is 12.6 Å². The highest BCUT2D eigenvalue weighted by Gasteiger charge is 2.27. The van der Waals surface area contributed by atoms with E-state index in [0.717, 1.165) is 43.2 Å². The highest BCUT2D eigenvalue weighted by molar-refractivity contribution is 7.99. The van der Waals surface area contributed by atoms with E-state index >= 15 is 0 Å². The van der Waals surface area contributed by atoms with Crippen LogP contribution in [0.25, 0.3) is 0 Å². The number of carbonyl (C=O) groups is 2. The Bertz CT molecular complexity index is 567. The molecule has 0 aliphatic carbocycles. The fraction of sp³-hybridized carbons (Fsp3) is 0.846. The Kier molecular flexibility index (Phi) is 19.9. The third kappa shape index (κ3) is 16.7. The van der Waals surface area contributed by atoms with Gasteiger partial charge in [-0.05, 0) is 38.1 Å². The number of hydrogen-bond acceptors (Lipinski definition) is 7. The lowest BCUT2D eigenvalue weighted by Crippen LogP contribution is -2.35. The van der Waals surface area contributed by atoms with Crippen LogP contribution >= 0.6 is 11.8 Å². The van der Waals surface area contributed by atoms with Crippen molar-refractivity contribution in [1.29, 1.82) is 0 Å². The van der Waals surface area contributed by atoms with E-state index in [1.165, 1.54) is 32.1 Å². The number of hydrogen-bond donors (Lipinski definition) is 0. The second-order valence-corrected chi connectivity index (χ2v) is 14.1. The van der Waals surface area contributed by atoms with Crippen molar-refractivity contribution in [3.8, 4) is 0 Å². The molecule has 0 aromatic carbocycles. The Balaban J connectivity index is 4.34. The molecule has 0 rings (SSSR count). The van der Waals surface area contributed by atoms with Gasteiger partial charge >= 0.3 is 20.5 Å². The molecule has 0 fully saturated rings. The molecule has 0 saturated carbocycles. The molecule has 6 nitrogen and oxygen atoms in total.